The summed E-state index contributed by atoms with van der Waals surface area (Å²) in [5.74, 6) is 0. The standard InChI is InChI=1S/C34H46N6O7S/c1-33(2,10-13-46-34(3,4)30-22-40(38-36-30)21-29-32(42)28(41)19-31(44-5)47-29)37-48(43)27(20-35)17-23-6-7-25-18-26(9-8-24(25)16-23)39-11-14-45-15-12-39/h6-9,16-18,22,28-29,31-32,37,41-42H,10-15,19,21H2,1-5H3/b27-17+/t28?,29?,31-,32-,48?/m0/s1. The highest BCUT2D eigenvalue weighted by Crippen LogP contribution is 2.27. The molecule has 0 saturated carbocycles. The molecular weight excluding hydrogens is 636 g/mol. The van der Waals surface area contributed by atoms with E-state index in [0.29, 0.717) is 18.7 Å². The number of aliphatic hydroxyl groups excluding tert-OH is 2. The van der Waals surface area contributed by atoms with Crippen molar-refractivity contribution in [2.24, 2.45) is 0 Å². The SMILES string of the molecule is CO[C@@H]1CC(O)[C@H](O)C(Cn2cc(C(C)(C)OCCC(C)(C)NS(=O)/C(C#N)=C/c3ccc4cc(N5CCOCC5)ccc4c3)nn2)O1. The number of nitrogens with zero attached hydrogens (tertiary/aromatic N) is 5. The summed E-state index contributed by atoms with van der Waals surface area (Å²) in [6.07, 6.45) is 0.689. The zero-order valence-corrected chi connectivity index (χ0v) is 29.0. The van der Waals surface area contributed by atoms with Crippen molar-refractivity contribution >= 4 is 33.5 Å². The van der Waals surface area contributed by atoms with Crippen LogP contribution in [0.5, 0.6) is 0 Å². The van der Waals surface area contributed by atoms with Gasteiger partial charge >= 0.3 is 0 Å². The van der Waals surface area contributed by atoms with E-state index in [1.165, 1.54) is 7.11 Å². The molecule has 14 heteroatoms. The second kappa shape index (κ2) is 15.5. The molecule has 3 N–H and O–H groups in total. The average Bonchev–Trinajstić information content (AvgIpc) is 3.55. The van der Waals surface area contributed by atoms with Gasteiger partial charge in [0.25, 0.3) is 0 Å². The van der Waals surface area contributed by atoms with E-state index < -0.39 is 46.7 Å². The molecule has 5 atom stereocenters. The van der Waals surface area contributed by atoms with Crippen LogP contribution in [0.4, 0.5) is 5.69 Å². The van der Waals surface area contributed by atoms with Gasteiger partial charge in [0.15, 0.2) is 6.29 Å². The van der Waals surface area contributed by atoms with Gasteiger partial charge in [-0.1, -0.05) is 23.4 Å². The third-order valence-corrected chi connectivity index (χ3v) is 10.1. The van der Waals surface area contributed by atoms with Crippen LogP contribution >= 0.6 is 0 Å². The van der Waals surface area contributed by atoms with Gasteiger partial charge in [-0.15, -0.1) is 5.10 Å². The number of anilines is 1. The summed E-state index contributed by atoms with van der Waals surface area (Å²) in [4.78, 5) is 2.44. The molecule has 2 aliphatic rings. The minimum atomic E-state index is -1.75. The highest BCUT2D eigenvalue weighted by atomic mass is 32.2. The van der Waals surface area contributed by atoms with Crippen molar-refractivity contribution in [1.29, 1.82) is 5.26 Å². The van der Waals surface area contributed by atoms with Crippen LogP contribution in [0.25, 0.3) is 16.8 Å². The predicted molar refractivity (Wildman–Crippen MR) is 182 cm³/mol. The van der Waals surface area contributed by atoms with Gasteiger partial charge in [0.05, 0.1) is 32.1 Å². The molecule has 48 heavy (non-hydrogen) atoms. The maximum Gasteiger partial charge on any atom is 0.160 e. The number of methoxy groups -OCH3 is 1. The molecule has 2 aromatic carbocycles. The number of hydrogen-bond acceptors (Lipinski definition) is 11. The lowest BCUT2D eigenvalue weighted by atomic mass is 10.0. The van der Waals surface area contributed by atoms with Gasteiger partial charge in [0.1, 0.15) is 45.5 Å². The van der Waals surface area contributed by atoms with Crippen molar-refractivity contribution in [2.45, 2.75) is 82.8 Å². The van der Waals surface area contributed by atoms with E-state index in [2.05, 4.69) is 44.2 Å². The highest BCUT2D eigenvalue weighted by molar-refractivity contribution is 7.87. The second-order valence-electron chi connectivity index (χ2n) is 13.3. The fourth-order valence-corrected chi connectivity index (χ4v) is 6.74. The van der Waals surface area contributed by atoms with E-state index in [-0.39, 0.29) is 17.9 Å². The molecule has 2 saturated heterocycles. The number of nitriles is 1. The Balaban J connectivity index is 1.15. The van der Waals surface area contributed by atoms with Gasteiger partial charge < -0.3 is 34.1 Å². The van der Waals surface area contributed by atoms with E-state index >= 15 is 0 Å². The number of hydrogen-bond donors (Lipinski definition) is 3. The Kier molecular flexibility index (Phi) is 11.7. The quantitative estimate of drug-likeness (QED) is 0.227. The number of aliphatic hydroxyl groups is 2. The van der Waals surface area contributed by atoms with E-state index in [9.17, 15) is 19.7 Å². The van der Waals surface area contributed by atoms with Crippen LogP contribution in [0.3, 0.4) is 0 Å². The van der Waals surface area contributed by atoms with Crippen molar-refractivity contribution in [1.82, 2.24) is 19.7 Å². The molecule has 3 heterocycles. The van der Waals surface area contributed by atoms with Crippen molar-refractivity contribution in [3.63, 3.8) is 0 Å². The lowest BCUT2D eigenvalue weighted by molar-refractivity contribution is -0.245. The largest absolute Gasteiger partial charge is 0.390 e. The molecule has 1 aromatic heterocycles. The Morgan fingerprint density at radius 1 is 1.17 bits per heavy atom. The number of fused-ring (bicyclic) bond motifs is 1. The zero-order valence-electron chi connectivity index (χ0n) is 28.2. The Morgan fingerprint density at radius 3 is 2.62 bits per heavy atom. The molecule has 3 unspecified atom stereocenters. The fraction of sp³-hybridized carbons (Fsp3) is 0.559. The number of nitrogens with one attached hydrogen (secondary N) is 1. The molecular formula is C34H46N6O7S. The predicted octanol–water partition coefficient (Wildman–Crippen LogP) is 2.99. The number of rotatable bonds is 13. The number of allylic oxidation sites excluding steroid dienone is 1. The first-order valence-corrected chi connectivity index (χ1v) is 17.3. The van der Waals surface area contributed by atoms with Crippen molar-refractivity contribution in [2.75, 3.05) is 44.9 Å². The maximum absolute atomic E-state index is 13.3. The molecule has 5 rings (SSSR count). The summed E-state index contributed by atoms with van der Waals surface area (Å²) in [5, 5.41) is 40.9. The van der Waals surface area contributed by atoms with Gasteiger partial charge in [0.2, 0.25) is 0 Å². The van der Waals surface area contributed by atoms with Crippen LogP contribution in [-0.4, -0.2) is 99.6 Å². The van der Waals surface area contributed by atoms with Gasteiger partial charge in [-0.25, -0.2) is 13.6 Å². The molecule has 0 amide bonds. The fourth-order valence-electron chi connectivity index (χ4n) is 5.70. The number of ether oxygens (including phenoxy) is 4. The summed E-state index contributed by atoms with van der Waals surface area (Å²) >= 11 is 0. The summed E-state index contributed by atoms with van der Waals surface area (Å²) in [7, 11) is -0.260. The molecule has 260 valence electrons. The Labute approximate surface area is 284 Å². The van der Waals surface area contributed by atoms with E-state index in [1.807, 2.05) is 45.9 Å². The average molecular weight is 683 g/mol. The molecule has 3 aromatic rings. The number of benzene rings is 2. The monoisotopic (exact) mass is 682 g/mol. The first-order chi connectivity index (χ1) is 22.9. The molecule has 0 bridgehead atoms. The first-order valence-electron chi connectivity index (χ1n) is 16.1. The molecule has 13 nitrogen and oxygen atoms in total. The normalized spacial score (nSPS) is 23.3. The van der Waals surface area contributed by atoms with Crippen molar-refractivity contribution in [3.05, 3.63) is 58.8 Å². The third-order valence-electron chi connectivity index (χ3n) is 8.71. The van der Waals surface area contributed by atoms with Crippen LogP contribution in [0.2, 0.25) is 0 Å². The lowest BCUT2D eigenvalue weighted by Crippen LogP contribution is -2.50. The lowest BCUT2D eigenvalue weighted by Gasteiger charge is -2.36. The van der Waals surface area contributed by atoms with Crippen LogP contribution in [0.1, 0.15) is 51.8 Å². The number of morpholine rings is 1. The third kappa shape index (κ3) is 9.04. The molecule has 0 radical (unpaired) electrons. The van der Waals surface area contributed by atoms with Crippen molar-refractivity contribution in [3.8, 4) is 6.07 Å². The van der Waals surface area contributed by atoms with Crippen LogP contribution in [-0.2, 0) is 42.1 Å². The van der Waals surface area contributed by atoms with E-state index in [4.69, 9.17) is 18.9 Å². The van der Waals surface area contributed by atoms with Gasteiger partial charge in [-0.05, 0) is 74.7 Å². The maximum atomic E-state index is 13.3. The van der Waals surface area contributed by atoms with Gasteiger partial charge in [-0.3, -0.25) is 0 Å². The summed E-state index contributed by atoms with van der Waals surface area (Å²) in [5.41, 5.74) is 1.11. The Morgan fingerprint density at radius 2 is 1.90 bits per heavy atom. The first kappa shape index (κ1) is 36.0. The summed E-state index contributed by atoms with van der Waals surface area (Å²) in [6, 6.07) is 14.4. The van der Waals surface area contributed by atoms with Crippen LogP contribution < -0.4 is 9.62 Å². The van der Waals surface area contributed by atoms with Crippen molar-refractivity contribution < 1.29 is 33.4 Å². The molecule has 0 aliphatic carbocycles. The van der Waals surface area contributed by atoms with Gasteiger partial charge in [-0.2, -0.15) is 5.26 Å². The summed E-state index contributed by atoms with van der Waals surface area (Å²) < 4.78 is 40.5. The minimum Gasteiger partial charge on any atom is -0.390 e. The summed E-state index contributed by atoms with van der Waals surface area (Å²) in [6.45, 7) is 11.2. The number of aromatic nitrogens is 3. The zero-order chi connectivity index (χ0) is 34.5. The second-order valence-corrected chi connectivity index (χ2v) is 14.5. The molecule has 2 fully saturated rings. The Bertz CT molecular complexity index is 1650. The molecule has 0 spiro atoms. The molecule has 2 aliphatic heterocycles. The smallest absolute Gasteiger partial charge is 0.160 e. The van der Waals surface area contributed by atoms with E-state index in [1.54, 1.807) is 17.0 Å². The topological polar surface area (TPSA) is 164 Å². The van der Waals surface area contributed by atoms with Crippen LogP contribution in [0.15, 0.2) is 47.5 Å². The van der Waals surface area contributed by atoms with Crippen LogP contribution in [0, 0.1) is 11.3 Å². The minimum absolute atomic E-state index is 0.127. The van der Waals surface area contributed by atoms with E-state index in [0.717, 1.165) is 48.3 Å². The Hall–Kier alpha value is -3.26. The highest BCUT2D eigenvalue weighted by Gasteiger charge is 2.37. The van der Waals surface area contributed by atoms with Gasteiger partial charge in [0, 0.05) is 44.5 Å².